The first kappa shape index (κ1) is 22.2. The highest BCUT2D eigenvalue weighted by Crippen LogP contribution is 2.17. The number of aromatic nitrogens is 4. The number of nitrogens with zero attached hydrogens (tertiary/aromatic N) is 4. The SMILES string of the molecule is O=c1c(O)cn(SF)nc1-c1nccn1CCCc1ccc(F)cc1.c1ccccc1. The van der Waals surface area contributed by atoms with Gasteiger partial charge in [0.25, 0.3) is 5.43 Å². The van der Waals surface area contributed by atoms with Gasteiger partial charge in [-0.3, -0.25) is 4.79 Å². The summed E-state index contributed by atoms with van der Waals surface area (Å²) in [5.74, 6) is -0.628. The van der Waals surface area contributed by atoms with Crippen LogP contribution < -0.4 is 5.43 Å². The Kier molecular flexibility index (Phi) is 7.94. The summed E-state index contributed by atoms with van der Waals surface area (Å²) in [5.41, 5.74) is 0.156. The number of benzene rings is 2. The van der Waals surface area contributed by atoms with Crippen LogP contribution in [0.15, 0.2) is 84.0 Å². The molecule has 0 amide bonds. The Hall–Kier alpha value is -3.46. The molecule has 0 bridgehead atoms. The van der Waals surface area contributed by atoms with E-state index in [4.69, 9.17) is 0 Å². The van der Waals surface area contributed by atoms with Crippen LogP contribution in [0, 0.1) is 5.82 Å². The van der Waals surface area contributed by atoms with Gasteiger partial charge >= 0.3 is 0 Å². The van der Waals surface area contributed by atoms with Crippen LogP contribution in [-0.2, 0) is 13.0 Å². The van der Waals surface area contributed by atoms with Gasteiger partial charge in [-0.05, 0) is 30.5 Å². The molecule has 6 nitrogen and oxygen atoms in total. The molecule has 0 atom stereocenters. The average Bonchev–Trinajstić information content (AvgIpc) is 3.27. The van der Waals surface area contributed by atoms with E-state index in [-0.39, 0.29) is 29.7 Å². The molecule has 0 unspecified atom stereocenters. The molecule has 9 heteroatoms. The lowest BCUT2D eigenvalue weighted by molar-refractivity contribution is 0.464. The van der Waals surface area contributed by atoms with E-state index < -0.39 is 11.2 Å². The van der Waals surface area contributed by atoms with Gasteiger partial charge in [-0.15, -0.1) is 3.89 Å². The molecule has 0 aliphatic rings. The molecule has 2 aromatic carbocycles. The molecule has 0 fully saturated rings. The second-order valence-corrected chi connectivity index (χ2v) is 7.00. The molecule has 0 spiro atoms. The van der Waals surface area contributed by atoms with Gasteiger partial charge in [0.2, 0.25) is 0 Å². The standard InChI is InChI=1S/C16H14F2N4O2S.C6H6/c17-12-5-3-11(4-6-12)2-1-8-21-9-7-19-16(21)14-15(24)13(23)10-22(20-14)25-18;1-2-4-6-5-3-1/h3-7,9-10,23H,1-2,8H2;1-6H. The zero-order chi connectivity index (χ0) is 22.1. The molecule has 2 aromatic heterocycles. The first-order valence-electron chi connectivity index (χ1n) is 9.46. The van der Waals surface area contributed by atoms with Crippen molar-refractivity contribution in [2.24, 2.45) is 0 Å². The quantitative estimate of drug-likeness (QED) is 0.471. The molecule has 0 aliphatic carbocycles. The summed E-state index contributed by atoms with van der Waals surface area (Å²) >= 11 is -0.236. The van der Waals surface area contributed by atoms with Crippen molar-refractivity contribution >= 4 is 12.3 Å². The van der Waals surface area contributed by atoms with Crippen LogP contribution in [0.5, 0.6) is 5.75 Å². The highest BCUT2D eigenvalue weighted by Gasteiger charge is 2.16. The molecule has 0 saturated carbocycles. The summed E-state index contributed by atoms with van der Waals surface area (Å²) in [6.07, 6.45) is 5.53. The zero-order valence-corrected chi connectivity index (χ0v) is 17.3. The van der Waals surface area contributed by atoms with E-state index in [0.717, 1.165) is 28.7 Å². The largest absolute Gasteiger partial charge is 0.503 e. The second kappa shape index (κ2) is 11.1. The lowest BCUT2D eigenvalue weighted by Gasteiger charge is -2.08. The van der Waals surface area contributed by atoms with Gasteiger partial charge in [0.15, 0.2) is 29.6 Å². The molecule has 0 radical (unpaired) electrons. The van der Waals surface area contributed by atoms with Crippen LogP contribution in [0.2, 0.25) is 0 Å². The number of hydrogen-bond acceptors (Lipinski definition) is 5. The fourth-order valence-electron chi connectivity index (χ4n) is 2.84. The van der Waals surface area contributed by atoms with E-state index in [9.17, 15) is 18.2 Å². The number of imidazole rings is 1. The van der Waals surface area contributed by atoms with E-state index in [1.165, 1.54) is 18.3 Å². The average molecular weight is 442 g/mol. The minimum Gasteiger partial charge on any atom is -0.503 e. The fourth-order valence-corrected chi connectivity index (χ4v) is 3.09. The third-order valence-corrected chi connectivity index (χ3v) is 4.65. The molecule has 0 saturated heterocycles. The summed E-state index contributed by atoms with van der Waals surface area (Å²) in [7, 11) is 0. The summed E-state index contributed by atoms with van der Waals surface area (Å²) in [4.78, 5) is 16.2. The number of halogens is 2. The molecule has 2 heterocycles. The van der Waals surface area contributed by atoms with Crippen molar-refractivity contribution in [1.29, 1.82) is 0 Å². The smallest absolute Gasteiger partial charge is 0.252 e. The highest BCUT2D eigenvalue weighted by molar-refractivity contribution is 7.92. The van der Waals surface area contributed by atoms with Crippen LogP contribution in [0.3, 0.4) is 0 Å². The molecule has 4 aromatic rings. The summed E-state index contributed by atoms with van der Waals surface area (Å²) in [5, 5.41) is 13.5. The number of aromatic hydroxyl groups is 1. The molecule has 0 aliphatic heterocycles. The van der Waals surface area contributed by atoms with Gasteiger partial charge < -0.3 is 9.67 Å². The maximum absolute atomic E-state index is 12.9. The van der Waals surface area contributed by atoms with Crippen molar-refractivity contribution in [3.05, 3.63) is 101 Å². The molecule has 1 N–H and O–H groups in total. The maximum atomic E-state index is 12.9. The van der Waals surface area contributed by atoms with Crippen molar-refractivity contribution in [1.82, 2.24) is 18.7 Å². The van der Waals surface area contributed by atoms with E-state index in [1.54, 1.807) is 22.9 Å². The molecule has 160 valence electrons. The lowest BCUT2D eigenvalue weighted by Crippen LogP contribution is -2.14. The van der Waals surface area contributed by atoms with E-state index >= 15 is 0 Å². The summed E-state index contributed by atoms with van der Waals surface area (Å²) in [6, 6.07) is 18.3. The predicted molar refractivity (Wildman–Crippen MR) is 117 cm³/mol. The monoisotopic (exact) mass is 442 g/mol. The Morgan fingerprint density at radius 1 is 1.03 bits per heavy atom. The maximum Gasteiger partial charge on any atom is 0.252 e. The normalized spacial score (nSPS) is 10.4. The van der Waals surface area contributed by atoms with Crippen molar-refractivity contribution in [3.63, 3.8) is 0 Å². The van der Waals surface area contributed by atoms with Crippen molar-refractivity contribution in [2.75, 3.05) is 0 Å². The first-order chi connectivity index (χ1) is 15.1. The minimum absolute atomic E-state index is 0.128. The van der Waals surface area contributed by atoms with Gasteiger partial charge in [0.1, 0.15) is 5.82 Å². The Morgan fingerprint density at radius 2 is 1.68 bits per heavy atom. The van der Waals surface area contributed by atoms with E-state index in [1.807, 2.05) is 36.4 Å². The van der Waals surface area contributed by atoms with Crippen LogP contribution in [-0.4, -0.2) is 23.8 Å². The van der Waals surface area contributed by atoms with Gasteiger partial charge in [0.05, 0.1) is 6.20 Å². The molecule has 31 heavy (non-hydrogen) atoms. The lowest BCUT2D eigenvalue weighted by atomic mass is 10.1. The zero-order valence-electron chi connectivity index (χ0n) is 16.4. The Bertz CT molecular complexity index is 1120. The van der Waals surface area contributed by atoms with Crippen LogP contribution in [0.1, 0.15) is 12.0 Å². The second-order valence-electron chi connectivity index (χ2n) is 6.49. The third kappa shape index (κ3) is 6.26. The third-order valence-electron chi connectivity index (χ3n) is 4.32. The Labute approximate surface area is 182 Å². The predicted octanol–water partition coefficient (Wildman–Crippen LogP) is 4.65. The minimum atomic E-state index is -0.712. The van der Waals surface area contributed by atoms with Crippen LogP contribution >= 0.6 is 12.3 Å². The summed E-state index contributed by atoms with van der Waals surface area (Å²) < 4.78 is 28.1. The van der Waals surface area contributed by atoms with Crippen molar-refractivity contribution in [3.8, 4) is 17.3 Å². The number of aryl methyl sites for hydroxylation is 2. The van der Waals surface area contributed by atoms with Crippen molar-refractivity contribution < 1.29 is 13.4 Å². The molecular weight excluding hydrogens is 422 g/mol. The van der Waals surface area contributed by atoms with Crippen molar-refractivity contribution in [2.45, 2.75) is 19.4 Å². The van der Waals surface area contributed by atoms with Crippen LogP contribution in [0.25, 0.3) is 11.5 Å². The van der Waals surface area contributed by atoms with Gasteiger partial charge in [-0.1, -0.05) is 48.5 Å². The first-order valence-corrected chi connectivity index (χ1v) is 10.1. The summed E-state index contributed by atoms with van der Waals surface area (Å²) in [6.45, 7) is 0.534. The van der Waals surface area contributed by atoms with Crippen LogP contribution in [0.4, 0.5) is 8.28 Å². The Balaban J connectivity index is 0.000000391. The number of hydrogen-bond donors (Lipinski definition) is 1. The number of rotatable bonds is 6. The van der Waals surface area contributed by atoms with E-state index in [0.29, 0.717) is 6.54 Å². The van der Waals surface area contributed by atoms with Gasteiger partial charge in [-0.2, -0.15) is 9.19 Å². The molecular formula is C22H20F2N4O2S. The van der Waals surface area contributed by atoms with E-state index in [2.05, 4.69) is 10.1 Å². The topological polar surface area (TPSA) is 72.9 Å². The van der Waals surface area contributed by atoms with Gasteiger partial charge in [-0.25, -0.2) is 9.37 Å². The highest BCUT2D eigenvalue weighted by atomic mass is 32.2. The molecule has 4 rings (SSSR count). The fraction of sp³-hybridized carbons (Fsp3) is 0.136. The Morgan fingerprint density at radius 3 is 2.29 bits per heavy atom. The van der Waals surface area contributed by atoms with Gasteiger partial charge in [0, 0.05) is 18.9 Å².